The summed E-state index contributed by atoms with van der Waals surface area (Å²) in [5.41, 5.74) is 7.94. The standard InChI is InChI=1S/C16H24FN/c1-10-4-5-14(15(17)9-10)16(18)13-7-11(2)6-12(3)8-13/h4-5,9,11-13,16H,6-8,18H2,1-3H3. The first-order valence-corrected chi connectivity index (χ1v) is 6.99. The van der Waals surface area contributed by atoms with Crippen molar-refractivity contribution in [2.45, 2.75) is 46.1 Å². The van der Waals surface area contributed by atoms with E-state index in [-0.39, 0.29) is 11.9 Å². The highest BCUT2D eigenvalue weighted by Crippen LogP contribution is 2.39. The smallest absolute Gasteiger partial charge is 0.128 e. The van der Waals surface area contributed by atoms with Crippen LogP contribution in [0.15, 0.2) is 18.2 Å². The number of hydrogen-bond donors (Lipinski definition) is 1. The fraction of sp³-hybridized carbons (Fsp3) is 0.625. The molecule has 1 aromatic carbocycles. The maximum atomic E-state index is 14.0. The molecule has 2 heteroatoms. The quantitative estimate of drug-likeness (QED) is 0.835. The zero-order valence-electron chi connectivity index (χ0n) is 11.6. The van der Waals surface area contributed by atoms with Crippen molar-refractivity contribution < 1.29 is 4.39 Å². The minimum Gasteiger partial charge on any atom is -0.324 e. The van der Waals surface area contributed by atoms with Gasteiger partial charge in [-0.1, -0.05) is 26.0 Å². The van der Waals surface area contributed by atoms with Crippen LogP contribution in [-0.2, 0) is 0 Å². The first kappa shape index (κ1) is 13.5. The summed E-state index contributed by atoms with van der Waals surface area (Å²) in [4.78, 5) is 0. The van der Waals surface area contributed by atoms with Crippen LogP contribution in [0.25, 0.3) is 0 Å². The van der Waals surface area contributed by atoms with Crippen molar-refractivity contribution in [3.63, 3.8) is 0 Å². The summed E-state index contributed by atoms with van der Waals surface area (Å²) in [6.45, 7) is 6.46. The Morgan fingerprint density at radius 1 is 1.17 bits per heavy atom. The molecule has 1 saturated carbocycles. The highest BCUT2D eigenvalue weighted by atomic mass is 19.1. The Balaban J connectivity index is 2.17. The molecule has 0 aliphatic heterocycles. The predicted molar refractivity (Wildman–Crippen MR) is 73.7 cm³/mol. The van der Waals surface area contributed by atoms with Gasteiger partial charge in [0.25, 0.3) is 0 Å². The summed E-state index contributed by atoms with van der Waals surface area (Å²) in [6, 6.07) is 5.24. The Morgan fingerprint density at radius 2 is 1.78 bits per heavy atom. The van der Waals surface area contributed by atoms with E-state index in [0.29, 0.717) is 23.3 Å². The molecule has 0 bridgehead atoms. The van der Waals surface area contributed by atoms with Gasteiger partial charge in [0.1, 0.15) is 5.82 Å². The molecule has 1 aliphatic rings. The van der Waals surface area contributed by atoms with E-state index in [2.05, 4.69) is 13.8 Å². The Labute approximate surface area is 110 Å². The van der Waals surface area contributed by atoms with Crippen molar-refractivity contribution in [2.75, 3.05) is 0 Å². The molecule has 100 valence electrons. The van der Waals surface area contributed by atoms with Crippen LogP contribution in [0.4, 0.5) is 4.39 Å². The van der Waals surface area contributed by atoms with E-state index in [4.69, 9.17) is 5.73 Å². The zero-order chi connectivity index (χ0) is 13.3. The van der Waals surface area contributed by atoms with E-state index < -0.39 is 0 Å². The second-order valence-electron chi connectivity index (χ2n) is 6.23. The third-order valence-electron chi connectivity index (χ3n) is 4.24. The van der Waals surface area contributed by atoms with Gasteiger partial charge in [-0.15, -0.1) is 0 Å². The molecule has 0 amide bonds. The molecular weight excluding hydrogens is 225 g/mol. The molecule has 1 fully saturated rings. The number of nitrogens with two attached hydrogens (primary N) is 1. The van der Waals surface area contributed by atoms with Crippen molar-refractivity contribution >= 4 is 0 Å². The number of hydrogen-bond acceptors (Lipinski definition) is 1. The van der Waals surface area contributed by atoms with E-state index >= 15 is 0 Å². The summed E-state index contributed by atoms with van der Waals surface area (Å²) >= 11 is 0. The van der Waals surface area contributed by atoms with Crippen molar-refractivity contribution in [1.82, 2.24) is 0 Å². The third kappa shape index (κ3) is 2.92. The van der Waals surface area contributed by atoms with Crippen LogP contribution in [0.3, 0.4) is 0 Å². The van der Waals surface area contributed by atoms with Gasteiger partial charge in [-0.05, 0) is 55.6 Å². The highest BCUT2D eigenvalue weighted by Gasteiger charge is 2.30. The summed E-state index contributed by atoms with van der Waals surface area (Å²) in [7, 11) is 0. The minimum absolute atomic E-state index is 0.145. The van der Waals surface area contributed by atoms with Gasteiger partial charge < -0.3 is 5.73 Å². The summed E-state index contributed by atoms with van der Waals surface area (Å²) < 4.78 is 14.0. The third-order valence-corrected chi connectivity index (χ3v) is 4.24. The Morgan fingerprint density at radius 3 is 2.33 bits per heavy atom. The number of benzene rings is 1. The van der Waals surface area contributed by atoms with Crippen molar-refractivity contribution in [3.05, 3.63) is 35.1 Å². The molecule has 0 spiro atoms. The van der Waals surface area contributed by atoms with Gasteiger partial charge >= 0.3 is 0 Å². The van der Waals surface area contributed by atoms with E-state index in [0.717, 1.165) is 18.4 Å². The fourth-order valence-electron chi connectivity index (χ4n) is 3.46. The summed E-state index contributed by atoms with van der Waals surface area (Å²) in [5, 5.41) is 0. The Bertz CT molecular complexity index is 406. The van der Waals surface area contributed by atoms with Crippen LogP contribution in [0.2, 0.25) is 0 Å². The maximum absolute atomic E-state index is 14.0. The van der Waals surface area contributed by atoms with Gasteiger partial charge in [-0.2, -0.15) is 0 Å². The van der Waals surface area contributed by atoms with Crippen molar-refractivity contribution in [2.24, 2.45) is 23.5 Å². The van der Waals surface area contributed by atoms with Crippen molar-refractivity contribution in [1.29, 1.82) is 0 Å². The van der Waals surface area contributed by atoms with Gasteiger partial charge in [0, 0.05) is 11.6 Å². The van der Waals surface area contributed by atoms with Crippen LogP contribution in [-0.4, -0.2) is 0 Å². The lowest BCUT2D eigenvalue weighted by atomic mass is 9.72. The molecule has 18 heavy (non-hydrogen) atoms. The van der Waals surface area contributed by atoms with Crippen LogP contribution in [0, 0.1) is 30.5 Å². The van der Waals surface area contributed by atoms with Gasteiger partial charge in [0.2, 0.25) is 0 Å². The van der Waals surface area contributed by atoms with Crippen LogP contribution in [0.5, 0.6) is 0 Å². The van der Waals surface area contributed by atoms with Crippen LogP contribution < -0.4 is 5.73 Å². The summed E-state index contributed by atoms with van der Waals surface area (Å²) in [5.74, 6) is 1.69. The molecule has 0 heterocycles. The molecule has 1 aromatic rings. The van der Waals surface area contributed by atoms with Crippen molar-refractivity contribution in [3.8, 4) is 0 Å². The van der Waals surface area contributed by atoms with Gasteiger partial charge in [-0.3, -0.25) is 0 Å². The molecule has 3 atom stereocenters. The molecule has 1 aliphatic carbocycles. The first-order valence-electron chi connectivity index (χ1n) is 6.99. The molecule has 2 N–H and O–H groups in total. The number of rotatable bonds is 2. The van der Waals surface area contributed by atoms with Crippen LogP contribution in [0.1, 0.15) is 50.3 Å². The van der Waals surface area contributed by atoms with Crippen LogP contribution >= 0.6 is 0 Å². The Kier molecular flexibility index (Phi) is 4.06. The lowest BCUT2D eigenvalue weighted by Crippen LogP contribution is -2.29. The predicted octanol–water partition coefficient (Wildman–Crippen LogP) is 4.21. The average molecular weight is 249 g/mol. The fourth-order valence-corrected chi connectivity index (χ4v) is 3.46. The number of aryl methyl sites for hydroxylation is 1. The second-order valence-corrected chi connectivity index (χ2v) is 6.23. The molecule has 3 unspecified atom stereocenters. The maximum Gasteiger partial charge on any atom is 0.128 e. The van der Waals surface area contributed by atoms with E-state index in [9.17, 15) is 4.39 Å². The Hall–Kier alpha value is -0.890. The molecular formula is C16H24FN. The zero-order valence-corrected chi connectivity index (χ0v) is 11.6. The van der Waals surface area contributed by atoms with Gasteiger partial charge in [0.15, 0.2) is 0 Å². The molecule has 2 rings (SSSR count). The molecule has 0 radical (unpaired) electrons. The normalized spacial score (nSPS) is 30.2. The SMILES string of the molecule is Cc1ccc(C(N)C2CC(C)CC(C)C2)c(F)c1. The van der Waals surface area contributed by atoms with E-state index in [1.54, 1.807) is 6.07 Å². The molecule has 0 saturated heterocycles. The van der Waals surface area contributed by atoms with Gasteiger partial charge in [0.05, 0.1) is 0 Å². The van der Waals surface area contributed by atoms with E-state index in [1.807, 2.05) is 19.1 Å². The largest absolute Gasteiger partial charge is 0.324 e. The lowest BCUT2D eigenvalue weighted by molar-refractivity contribution is 0.192. The van der Waals surface area contributed by atoms with Gasteiger partial charge in [-0.25, -0.2) is 4.39 Å². The monoisotopic (exact) mass is 249 g/mol. The number of halogens is 1. The molecule has 0 aromatic heterocycles. The topological polar surface area (TPSA) is 26.0 Å². The minimum atomic E-state index is -0.157. The average Bonchev–Trinajstić information content (AvgIpc) is 2.26. The summed E-state index contributed by atoms with van der Waals surface area (Å²) in [6.07, 6.45) is 3.53. The van der Waals surface area contributed by atoms with E-state index in [1.165, 1.54) is 6.42 Å². The molecule has 1 nitrogen and oxygen atoms in total. The highest BCUT2D eigenvalue weighted by molar-refractivity contribution is 5.26. The second kappa shape index (κ2) is 5.40. The first-order chi connectivity index (χ1) is 8.47. The lowest BCUT2D eigenvalue weighted by Gasteiger charge is -2.35.